The summed E-state index contributed by atoms with van der Waals surface area (Å²) in [5.74, 6) is 0.425. The standard InChI is InChI=1S/C20H30O2/c1-13-11-17(22-18(21)12-13)20(5)14(2)8-9-15-16(20)7-6-10-19(15,3)4/h12,14,17H,6-11H2,1-5H3. The molecule has 0 aromatic rings. The molecule has 0 radical (unpaired) electrons. The predicted molar refractivity (Wildman–Crippen MR) is 89.4 cm³/mol. The molecule has 0 aromatic carbocycles. The first-order chi connectivity index (χ1) is 10.2. The van der Waals surface area contributed by atoms with Crippen LogP contribution in [0.25, 0.3) is 0 Å². The maximum atomic E-state index is 11.9. The van der Waals surface area contributed by atoms with Crippen molar-refractivity contribution in [2.75, 3.05) is 0 Å². The van der Waals surface area contributed by atoms with Crippen molar-refractivity contribution in [2.24, 2.45) is 16.7 Å². The van der Waals surface area contributed by atoms with Gasteiger partial charge in [-0.05, 0) is 50.4 Å². The molecule has 0 bridgehead atoms. The third kappa shape index (κ3) is 2.35. The minimum absolute atomic E-state index is 0.0104. The summed E-state index contributed by atoms with van der Waals surface area (Å²) < 4.78 is 5.84. The summed E-state index contributed by atoms with van der Waals surface area (Å²) in [5, 5.41) is 0. The number of esters is 1. The van der Waals surface area contributed by atoms with E-state index in [1.165, 1.54) is 32.1 Å². The highest BCUT2D eigenvalue weighted by molar-refractivity contribution is 5.83. The van der Waals surface area contributed by atoms with E-state index in [0.29, 0.717) is 11.3 Å². The van der Waals surface area contributed by atoms with Crippen molar-refractivity contribution in [2.45, 2.75) is 79.2 Å². The van der Waals surface area contributed by atoms with E-state index in [0.717, 1.165) is 12.0 Å². The molecular formula is C20H30O2. The SMILES string of the molecule is CC1=CC(=O)OC(C2(C)C3=C(CCC2C)C(C)(C)CCC3)C1. The molecule has 3 atom stereocenters. The van der Waals surface area contributed by atoms with E-state index in [1.807, 2.05) is 0 Å². The zero-order valence-electron chi connectivity index (χ0n) is 14.8. The second kappa shape index (κ2) is 5.25. The number of cyclic esters (lactones) is 1. The topological polar surface area (TPSA) is 26.3 Å². The van der Waals surface area contributed by atoms with Crippen molar-refractivity contribution in [3.8, 4) is 0 Å². The fourth-order valence-corrected chi connectivity index (χ4v) is 5.07. The first-order valence-corrected chi connectivity index (χ1v) is 8.86. The van der Waals surface area contributed by atoms with E-state index < -0.39 is 0 Å². The number of hydrogen-bond donors (Lipinski definition) is 0. The Hall–Kier alpha value is -1.05. The Kier molecular flexibility index (Phi) is 3.78. The molecule has 0 fully saturated rings. The summed E-state index contributed by atoms with van der Waals surface area (Å²) in [6.45, 7) is 11.6. The number of carbonyl (C=O) groups excluding carboxylic acids is 1. The van der Waals surface area contributed by atoms with Crippen LogP contribution in [0.5, 0.6) is 0 Å². The third-order valence-corrected chi connectivity index (χ3v) is 6.71. The van der Waals surface area contributed by atoms with Crippen LogP contribution in [0.4, 0.5) is 0 Å². The maximum absolute atomic E-state index is 11.9. The molecule has 122 valence electrons. The highest BCUT2D eigenvalue weighted by Crippen LogP contribution is 2.57. The Labute approximate surface area is 135 Å². The van der Waals surface area contributed by atoms with Gasteiger partial charge in [0.25, 0.3) is 0 Å². The van der Waals surface area contributed by atoms with Crippen LogP contribution in [0.15, 0.2) is 22.8 Å². The molecule has 2 nitrogen and oxygen atoms in total. The van der Waals surface area contributed by atoms with Gasteiger partial charge in [-0.2, -0.15) is 0 Å². The van der Waals surface area contributed by atoms with Crippen molar-refractivity contribution in [3.63, 3.8) is 0 Å². The molecule has 0 N–H and O–H groups in total. The summed E-state index contributed by atoms with van der Waals surface area (Å²) in [6.07, 6.45) is 8.76. The lowest BCUT2D eigenvalue weighted by atomic mass is 9.54. The second-order valence-electron chi connectivity index (χ2n) is 8.54. The van der Waals surface area contributed by atoms with E-state index in [-0.39, 0.29) is 17.5 Å². The lowest BCUT2D eigenvalue weighted by Crippen LogP contribution is -2.48. The minimum Gasteiger partial charge on any atom is -0.458 e. The highest BCUT2D eigenvalue weighted by Gasteiger charge is 2.50. The van der Waals surface area contributed by atoms with Crippen molar-refractivity contribution in [1.29, 1.82) is 0 Å². The number of carbonyl (C=O) groups is 1. The van der Waals surface area contributed by atoms with Crippen LogP contribution in [0, 0.1) is 16.7 Å². The fraction of sp³-hybridized carbons (Fsp3) is 0.750. The zero-order chi connectivity index (χ0) is 16.1. The molecule has 22 heavy (non-hydrogen) atoms. The maximum Gasteiger partial charge on any atom is 0.331 e. The average molecular weight is 302 g/mol. The van der Waals surface area contributed by atoms with Crippen LogP contribution in [0.3, 0.4) is 0 Å². The number of ether oxygens (including phenoxy) is 1. The molecule has 0 saturated carbocycles. The van der Waals surface area contributed by atoms with Crippen molar-refractivity contribution >= 4 is 5.97 Å². The predicted octanol–water partition coefficient (Wildman–Crippen LogP) is 5.19. The minimum atomic E-state index is -0.148. The van der Waals surface area contributed by atoms with E-state index in [9.17, 15) is 4.79 Å². The largest absolute Gasteiger partial charge is 0.458 e. The summed E-state index contributed by atoms with van der Waals surface area (Å²) in [6, 6.07) is 0. The number of rotatable bonds is 1. The van der Waals surface area contributed by atoms with Gasteiger partial charge in [0.05, 0.1) is 0 Å². The van der Waals surface area contributed by atoms with Crippen LogP contribution >= 0.6 is 0 Å². The monoisotopic (exact) mass is 302 g/mol. The van der Waals surface area contributed by atoms with Crippen LogP contribution < -0.4 is 0 Å². The molecule has 3 unspecified atom stereocenters. The first-order valence-electron chi connectivity index (χ1n) is 8.86. The molecule has 0 spiro atoms. The van der Waals surface area contributed by atoms with E-state index in [2.05, 4.69) is 34.6 Å². The molecule has 0 saturated heterocycles. The van der Waals surface area contributed by atoms with Gasteiger partial charge in [-0.1, -0.05) is 44.4 Å². The smallest absolute Gasteiger partial charge is 0.331 e. The Morgan fingerprint density at radius 1 is 1.18 bits per heavy atom. The quantitative estimate of drug-likeness (QED) is 0.492. The Morgan fingerprint density at radius 2 is 1.91 bits per heavy atom. The van der Waals surface area contributed by atoms with Gasteiger partial charge in [-0.15, -0.1) is 0 Å². The van der Waals surface area contributed by atoms with Crippen molar-refractivity contribution < 1.29 is 9.53 Å². The van der Waals surface area contributed by atoms with E-state index in [1.54, 1.807) is 17.2 Å². The van der Waals surface area contributed by atoms with Gasteiger partial charge in [0.15, 0.2) is 0 Å². The summed E-state index contributed by atoms with van der Waals surface area (Å²) in [4.78, 5) is 11.9. The lowest BCUT2D eigenvalue weighted by molar-refractivity contribution is -0.152. The summed E-state index contributed by atoms with van der Waals surface area (Å²) in [5.41, 5.74) is 4.78. The highest BCUT2D eigenvalue weighted by atomic mass is 16.5. The van der Waals surface area contributed by atoms with Gasteiger partial charge in [0.2, 0.25) is 0 Å². The molecule has 0 aromatic heterocycles. The molecule has 1 heterocycles. The third-order valence-electron chi connectivity index (χ3n) is 6.71. The molecule has 2 aliphatic carbocycles. The molecular weight excluding hydrogens is 272 g/mol. The molecule has 1 aliphatic heterocycles. The molecule has 3 rings (SSSR count). The van der Waals surface area contributed by atoms with Gasteiger partial charge in [-0.25, -0.2) is 4.79 Å². The average Bonchev–Trinajstić information content (AvgIpc) is 2.41. The number of allylic oxidation sites excluding steroid dienone is 1. The Morgan fingerprint density at radius 3 is 2.59 bits per heavy atom. The second-order valence-corrected chi connectivity index (χ2v) is 8.54. The van der Waals surface area contributed by atoms with Gasteiger partial charge in [-0.3, -0.25) is 0 Å². The molecule has 2 heteroatoms. The first kappa shape index (κ1) is 15.8. The van der Waals surface area contributed by atoms with Crippen molar-refractivity contribution in [3.05, 3.63) is 22.8 Å². The normalized spacial score (nSPS) is 38.2. The van der Waals surface area contributed by atoms with Gasteiger partial charge in [0, 0.05) is 17.9 Å². The number of hydrogen-bond acceptors (Lipinski definition) is 2. The summed E-state index contributed by atoms with van der Waals surface area (Å²) in [7, 11) is 0. The molecule has 0 amide bonds. The Bertz CT molecular complexity index is 552. The lowest BCUT2D eigenvalue weighted by Gasteiger charge is -2.52. The van der Waals surface area contributed by atoms with Gasteiger partial charge < -0.3 is 4.74 Å². The van der Waals surface area contributed by atoms with Crippen LogP contribution in [0.1, 0.15) is 73.1 Å². The molecule has 3 aliphatic rings. The fourth-order valence-electron chi connectivity index (χ4n) is 5.07. The Balaban J connectivity index is 2.06. The van der Waals surface area contributed by atoms with Crippen LogP contribution in [0.2, 0.25) is 0 Å². The van der Waals surface area contributed by atoms with E-state index in [4.69, 9.17) is 4.74 Å². The van der Waals surface area contributed by atoms with Gasteiger partial charge in [0.1, 0.15) is 6.10 Å². The van der Waals surface area contributed by atoms with Crippen molar-refractivity contribution in [1.82, 2.24) is 0 Å². The van der Waals surface area contributed by atoms with E-state index >= 15 is 0 Å². The summed E-state index contributed by atoms with van der Waals surface area (Å²) >= 11 is 0. The van der Waals surface area contributed by atoms with Crippen LogP contribution in [-0.4, -0.2) is 12.1 Å². The zero-order valence-corrected chi connectivity index (χ0v) is 14.8. The van der Waals surface area contributed by atoms with Crippen LogP contribution in [-0.2, 0) is 9.53 Å². The van der Waals surface area contributed by atoms with Gasteiger partial charge >= 0.3 is 5.97 Å².